The fourth-order valence-corrected chi connectivity index (χ4v) is 3.28. The summed E-state index contributed by atoms with van der Waals surface area (Å²) in [4.78, 5) is 20.5. The maximum absolute atomic E-state index is 11.9. The molecule has 2 aromatic heterocycles. The van der Waals surface area contributed by atoms with Crippen LogP contribution in [-0.4, -0.2) is 15.6 Å². The second-order valence-electron chi connectivity index (χ2n) is 4.86. The van der Waals surface area contributed by atoms with Gasteiger partial charge in [-0.2, -0.15) is 0 Å². The number of H-pyrrole nitrogens is 1. The zero-order chi connectivity index (χ0) is 12.2. The monoisotopic (exact) mass is 251 g/mol. The summed E-state index contributed by atoms with van der Waals surface area (Å²) < 4.78 is 5.73. The van der Waals surface area contributed by atoms with E-state index in [9.17, 15) is 4.79 Å². The molecule has 0 bridgehead atoms. The third-order valence-corrected chi connectivity index (χ3v) is 4.06. The molecule has 0 saturated carbocycles. The molecule has 1 aliphatic rings. The van der Waals surface area contributed by atoms with Gasteiger partial charge in [-0.3, -0.25) is 9.78 Å². The van der Waals surface area contributed by atoms with Crippen molar-refractivity contribution in [1.82, 2.24) is 9.97 Å². The van der Waals surface area contributed by atoms with Crippen LogP contribution in [0.5, 0.6) is 0 Å². The van der Waals surface area contributed by atoms with Crippen LogP contribution in [0.1, 0.15) is 24.3 Å². The normalized spacial score (nSPS) is 18.2. The summed E-state index contributed by atoms with van der Waals surface area (Å²) in [5, 5.41) is 0.676. The van der Waals surface area contributed by atoms with Crippen molar-refractivity contribution in [3.8, 4) is 0 Å². The molecule has 2 aromatic rings. The highest BCUT2D eigenvalue weighted by molar-refractivity contribution is 7.18. The van der Waals surface area contributed by atoms with Crippen LogP contribution in [0.3, 0.4) is 0 Å². The summed E-state index contributed by atoms with van der Waals surface area (Å²) in [5.74, 6) is 0.168. The van der Waals surface area contributed by atoms with Crippen molar-refractivity contribution < 1.29 is 4.74 Å². The van der Waals surface area contributed by atoms with E-state index in [-0.39, 0.29) is 17.1 Å². The third kappa shape index (κ3) is 1.64. The van der Waals surface area contributed by atoms with Crippen LogP contribution in [0, 0.1) is 0 Å². The zero-order valence-electron chi connectivity index (χ0n) is 9.66. The Hall–Kier alpha value is -1.40. The van der Waals surface area contributed by atoms with Gasteiger partial charge in [0.05, 0.1) is 17.6 Å². The molecule has 0 amide bonds. The van der Waals surface area contributed by atoms with Crippen molar-refractivity contribution in [2.45, 2.75) is 32.5 Å². The summed E-state index contributed by atoms with van der Waals surface area (Å²) in [6.07, 6.45) is 0.733. The predicted octanol–water partition coefficient (Wildman–Crippen LogP) is 1.42. The molecule has 0 saturated heterocycles. The van der Waals surface area contributed by atoms with Crippen molar-refractivity contribution in [3.05, 3.63) is 20.8 Å². The first kappa shape index (κ1) is 10.7. The fraction of sp³-hybridized carbons (Fsp3) is 0.455. The standard InChI is InChI=1S/C11H13N3O2S/c1-11(2)3-5-6(4-16-11)17-9-7(5)8(15)13-10(12)14-9/h3-4H2,1-2H3,(H3,12,13,14,15). The van der Waals surface area contributed by atoms with Gasteiger partial charge in [0.2, 0.25) is 5.95 Å². The Morgan fingerprint density at radius 3 is 3.06 bits per heavy atom. The van der Waals surface area contributed by atoms with Gasteiger partial charge in [0, 0.05) is 11.3 Å². The first-order chi connectivity index (χ1) is 7.96. The van der Waals surface area contributed by atoms with Gasteiger partial charge in [-0.25, -0.2) is 4.98 Å². The summed E-state index contributed by atoms with van der Waals surface area (Å²) >= 11 is 1.49. The minimum atomic E-state index is -0.227. The quantitative estimate of drug-likeness (QED) is 0.742. The summed E-state index contributed by atoms with van der Waals surface area (Å²) in [7, 11) is 0. The van der Waals surface area contributed by atoms with Crippen LogP contribution in [0.4, 0.5) is 5.95 Å². The lowest BCUT2D eigenvalue weighted by Gasteiger charge is -2.29. The number of nitrogens with zero attached hydrogens (tertiary/aromatic N) is 1. The lowest BCUT2D eigenvalue weighted by atomic mass is 9.94. The average Bonchev–Trinajstić information content (AvgIpc) is 2.53. The fourth-order valence-electron chi connectivity index (χ4n) is 2.17. The Balaban J connectivity index is 2.32. The number of hydrogen-bond donors (Lipinski definition) is 2. The molecule has 0 atom stereocenters. The number of aromatic nitrogens is 2. The van der Waals surface area contributed by atoms with Crippen LogP contribution in [-0.2, 0) is 17.8 Å². The number of nitrogens with one attached hydrogen (secondary N) is 1. The van der Waals surface area contributed by atoms with E-state index in [2.05, 4.69) is 9.97 Å². The number of thiophene rings is 1. The number of nitrogens with two attached hydrogens (primary N) is 1. The van der Waals surface area contributed by atoms with E-state index >= 15 is 0 Å². The molecule has 5 nitrogen and oxygen atoms in total. The van der Waals surface area contributed by atoms with Gasteiger partial charge < -0.3 is 10.5 Å². The Morgan fingerprint density at radius 1 is 1.53 bits per heavy atom. The summed E-state index contributed by atoms with van der Waals surface area (Å²) in [5.41, 5.74) is 6.23. The lowest BCUT2D eigenvalue weighted by Crippen LogP contribution is -2.31. The highest BCUT2D eigenvalue weighted by atomic mass is 32.1. The van der Waals surface area contributed by atoms with Crippen LogP contribution < -0.4 is 11.3 Å². The SMILES string of the molecule is CC1(C)Cc2c(sc3nc(N)[nH]c(=O)c23)CO1. The molecule has 17 heavy (non-hydrogen) atoms. The number of anilines is 1. The predicted molar refractivity (Wildman–Crippen MR) is 67.2 cm³/mol. The second kappa shape index (κ2) is 3.30. The van der Waals surface area contributed by atoms with Crippen molar-refractivity contribution in [2.24, 2.45) is 0 Å². The number of hydrogen-bond acceptors (Lipinski definition) is 5. The van der Waals surface area contributed by atoms with E-state index in [1.165, 1.54) is 11.3 Å². The van der Waals surface area contributed by atoms with Crippen molar-refractivity contribution in [3.63, 3.8) is 0 Å². The highest BCUT2D eigenvalue weighted by Crippen LogP contribution is 2.36. The van der Waals surface area contributed by atoms with Gasteiger partial charge in [-0.1, -0.05) is 0 Å². The molecule has 3 rings (SSSR count). The van der Waals surface area contributed by atoms with E-state index in [0.717, 1.165) is 16.9 Å². The molecular formula is C11H13N3O2S. The summed E-state index contributed by atoms with van der Waals surface area (Å²) in [6.45, 7) is 4.60. The molecule has 3 N–H and O–H groups in total. The minimum absolute atomic E-state index is 0.150. The Kier molecular flexibility index (Phi) is 2.08. The van der Waals surface area contributed by atoms with Crippen LogP contribution in [0.25, 0.3) is 10.2 Å². The maximum atomic E-state index is 11.9. The third-order valence-electron chi connectivity index (χ3n) is 2.96. The topological polar surface area (TPSA) is 81.0 Å². The molecule has 0 aromatic carbocycles. The summed E-state index contributed by atoms with van der Waals surface area (Å²) in [6, 6.07) is 0. The molecule has 0 spiro atoms. The van der Waals surface area contributed by atoms with Crippen LogP contribution in [0.2, 0.25) is 0 Å². The Morgan fingerprint density at radius 2 is 2.29 bits per heavy atom. The van der Waals surface area contributed by atoms with E-state index in [0.29, 0.717) is 16.8 Å². The molecule has 90 valence electrons. The van der Waals surface area contributed by atoms with Gasteiger partial charge in [-0.05, 0) is 19.4 Å². The Labute approximate surface area is 102 Å². The number of nitrogen functional groups attached to an aromatic ring is 1. The van der Waals surface area contributed by atoms with Gasteiger partial charge in [0.25, 0.3) is 5.56 Å². The molecule has 6 heteroatoms. The molecule has 1 aliphatic heterocycles. The molecule has 3 heterocycles. The van der Waals surface area contributed by atoms with Gasteiger partial charge in [0.15, 0.2) is 0 Å². The molecule has 0 aliphatic carbocycles. The van der Waals surface area contributed by atoms with Gasteiger partial charge >= 0.3 is 0 Å². The van der Waals surface area contributed by atoms with Crippen molar-refractivity contribution >= 4 is 27.5 Å². The number of aromatic amines is 1. The molecule has 0 radical (unpaired) electrons. The van der Waals surface area contributed by atoms with Crippen LogP contribution >= 0.6 is 11.3 Å². The van der Waals surface area contributed by atoms with Gasteiger partial charge in [0.1, 0.15) is 4.83 Å². The van der Waals surface area contributed by atoms with E-state index in [1.807, 2.05) is 13.8 Å². The number of fused-ring (bicyclic) bond motifs is 3. The lowest BCUT2D eigenvalue weighted by molar-refractivity contribution is -0.0379. The van der Waals surface area contributed by atoms with Crippen molar-refractivity contribution in [1.29, 1.82) is 0 Å². The first-order valence-corrected chi connectivity index (χ1v) is 6.22. The smallest absolute Gasteiger partial charge is 0.261 e. The van der Waals surface area contributed by atoms with Crippen molar-refractivity contribution in [2.75, 3.05) is 5.73 Å². The number of ether oxygens (including phenoxy) is 1. The van der Waals surface area contributed by atoms with E-state index in [4.69, 9.17) is 10.5 Å². The Bertz CT molecular complexity index is 657. The zero-order valence-corrected chi connectivity index (χ0v) is 10.5. The highest BCUT2D eigenvalue weighted by Gasteiger charge is 2.30. The molecular weight excluding hydrogens is 238 g/mol. The number of rotatable bonds is 0. The molecule has 0 unspecified atom stereocenters. The first-order valence-electron chi connectivity index (χ1n) is 5.40. The van der Waals surface area contributed by atoms with Crippen LogP contribution in [0.15, 0.2) is 4.79 Å². The second-order valence-corrected chi connectivity index (χ2v) is 5.94. The largest absolute Gasteiger partial charge is 0.370 e. The average molecular weight is 251 g/mol. The molecule has 0 fully saturated rings. The van der Waals surface area contributed by atoms with E-state index < -0.39 is 0 Å². The minimum Gasteiger partial charge on any atom is -0.370 e. The van der Waals surface area contributed by atoms with E-state index in [1.54, 1.807) is 0 Å². The van der Waals surface area contributed by atoms with Gasteiger partial charge in [-0.15, -0.1) is 11.3 Å². The maximum Gasteiger partial charge on any atom is 0.261 e.